The number of carbonyl (C=O) groups excluding carboxylic acids is 1. The molecule has 1 atom stereocenters. The second kappa shape index (κ2) is 6.74. The lowest BCUT2D eigenvalue weighted by Crippen LogP contribution is -2.40. The number of nitrogens with zero attached hydrogens (tertiary/aromatic N) is 3. The maximum Gasteiger partial charge on any atom is 0.272 e. The Morgan fingerprint density at radius 2 is 2.12 bits per heavy atom. The second-order valence-electron chi connectivity index (χ2n) is 6.54. The quantitative estimate of drug-likeness (QED) is 0.785. The highest BCUT2D eigenvalue weighted by Gasteiger charge is 2.30. The SMILES string of the molecule is O=C(Cc1ccccc1F)N1CCCC[C@@H]1c1cc(=O)n2[nH]ccc2n1. The lowest BCUT2D eigenvalue weighted by atomic mass is 9.98. The number of carbonyl (C=O) groups is 1. The van der Waals surface area contributed by atoms with Crippen molar-refractivity contribution >= 4 is 11.6 Å². The Bertz CT molecular complexity index is 1010. The van der Waals surface area contributed by atoms with Crippen molar-refractivity contribution in [2.75, 3.05) is 6.54 Å². The van der Waals surface area contributed by atoms with Crippen molar-refractivity contribution < 1.29 is 9.18 Å². The van der Waals surface area contributed by atoms with E-state index >= 15 is 0 Å². The third-order valence-corrected chi connectivity index (χ3v) is 4.86. The monoisotopic (exact) mass is 354 g/mol. The van der Waals surface area contributed by atoms with E-state index in [0.29, 0.717) is 23.4 Å². The summed E-state index contributed by atoms with van der Waals surface area (Å²) >= 11 is 0. The zero-order chi connectivity index (χ0) is 18.1. The molecule has 0 unspecified atom stereocenters. The molecule has 1 amide bonds. The first-order valence-corrected chi connectivity index (χ1v) is 8.73. The van der Waals surface area contributed by atoms with E-state index < -0.39 is 0 Å². The number of likely N-dealkylation sites (tertiary alicyclic amines) is 1. The number of benzene rings is 1. The van der Waals surface area contributed by atoms with Gasteiger partial charge >= 0.3 is 0 Å². The molecule has 134 valence electrons. The van der Waals surface area contributed by atoms with Gasteiger partial charge in [-0.05, 0) is 30.9 Å². The number of hydrogen-bond donors (Lipinski definition) is 1. The molecule has 1 N–H and O–H groups in total. The van der Waals surface area contributed by atoms with Crippen LogP contribution in [0.5, 0.6) is 0 Å². The van der Waals surface area contributed by atoms with Gasteiger partial charge < -0.3 is 4.90 Å². The fraction of sp³-hybridized carbons (Fsp3) is 0.316. The number of fused-ring (bicyclic) bond motifs is 1. The van der Waals surface area contributed by atoms with Crippen molar-refractivity contribution in [1.29, 1.82) is 0 Å². The largest absolute Gasteiger partial charge is 0.334 e. The molecule has 1 fully saturated rings. The summed E-state index contributed by atoms with van der Waals surface area (Å²) in [6.07, 6.45) is 4.26. The van der Waals surface area contributed by atoms with Gasteiger partial charge in [-0.2, -0.15) is 0 Å². The van der Waals surface area contributed by atoms with Gasteiger partial charge in [0.1, 0.15) is 5.82 Å². The molecule has 6 nitrogen and oxygen atoms in total. The normalized spacial score (nSPS) is 17.6. The van der Waals surface area contributed by atoms with Crippen LogP contribution in [0, 0.1) is 5.82 Å². The van der Waals surface area contributed by atoms with Crippen LogP contribution in [-0.2, 0) is 11.2 Å². The summed E-state index contributed by atoms with van der Waals surface area (Å²) in [5.41, 5.74) is 1.30. The molecule has 0 saturated carbocycles. The molecule has 1 aromatic carbocycles. The first kappa shape index (κ1) is 16.5. The fourth-order valence-electron chi connectivity index (χ4n) is 3.56. The number of H-pyrrole nitrogens is 1. The number of rotatable bonds is 3. The highest BCUT2D eigenvalue weighted by atomic mass is 19.1. The van der Waals surface area contributed by atoms with Crippen LogP contribution >= 0.6 is 0 Å². The molecular weight excluding hydrogens is 335 g/mol. The Hall–Kier alpha value is -2.96. The summed E-state index contributed by atoms with van der Waals surface area (Å²) in [5.74, 6) is -0.518. The molecule has 0 radical (unpaired) electrons. The van der Waals surface area contributed by atoms with Gasteiger partial charge in [-0.3, -0.25) is 14.7 Å². The van der Waals surface area contributed by atoms with Crippen LogP contribution in [0.3, 0.4) is 0 Å². The van der Waals surface area contributed by atoms with Gasteiger partial charge in [0.15, 0.2) is 5.65 Å². The van der Waals surface area contributed by atoms with Crippen molar-refractivity contribution in [3.63, 3.8) is 0 Å². The third-order valence-electron chi connectivity index (χ3n) is 4.86. The summed E-state index contributed by atoms with van der Waals surface area (Å²) in [4.78, 5) is 31.4. The highest BCUT2D eigenvalue weighted by molar-refractivity contribution is 5.79. The number of nitrogens with one attached hydrogen (secondary N) is 1. The summed E-state index contributed by atoms with van der Waals surface area (Å²) in [7, 11) is 0. The maximum atomic E-state index is 13.9. The Labute approximate surface area is 149 Å². The van der Waals surface area contributed by atoms with Crippen LogP contribution < -0.4 is 5.56 Å². The van der Waals surface area contributed by atoms with Crippen molar-refractivity contribution in [3.8, 4) is 0 Å². The molecule has 4 rings (SSSR count). The Balaban J connectivity index is 1.64. The minimum Gasteiger partial charge on any atom is -0.334 e. The maximum absolute atomic E-state index is 13.9. The van der Waals surface area contributed by atoms with E-state index in [1.165, 1.54) is 16.6 Å². The van der Waals surface area contributed by atoms with Gasteiger partial charge in [-0.25, -0.2) is 13.9 Å². The van der Waals surface area contributed by atoms with Crippen molar-refractivity contribution in [1.82, 2.24) is 19.5 Å². The highest BCUT2D eigenvalue weighted by Crippen LogP contribution is 2.30. The van der Waals surface area contributed by atoms with Crippen LogP contribution in [0.4, 0.5) is 4.39 Å². The van der Waals surface area contributed by atoms with E-state index in [4.69, 9.17) is 0 Å². The fourth-order valence-corrected chi connectivity index (χ4v) is 3.56. The lowest BCUT2D eigenvalue weighted by molar-refractivity contribution is -0.134. The number of aromatic amines is 1. The predicted octanol–water partition coefficient (Wildman–Crippen LogP) is 2.46. The smallest absolute Gasteiger partial charge is 0.272 e. The molecule has 1 aliphatic heterocycles. The second-order valence-corrected chi connectivity index (χ2v) is 6.54. The van der Waals surface area contributed by atoms with E-state index in [9.17, 15) is 14.0 Å². The topological polar surface area (TPSA) is 70.5 Å². The minimum absolute atomic E-state index is 0.00849. The molecular formula is C19H19FN4O2. The Kier molecular flexibility index (Phi) is 4.28. The number of amides is 1. The molecule has 1 aliphatic rings. The molecule has 0 bridgehead atoms. The van der Waals surface area contributed by atoms with Gasteiger partial charge in [0.05, 0.1) is 18.2 Å². The van der Waals surface area contributed by atoms with Gasteiger partial charge in [-0.15, -0.1) is 0 Å². The number of hydrogen-bond acceptors (Lipinski definition) is 3. The summed E-state index contributed by atoms with van der Waals surface area (Å²) in [6.45, 7) is 0.589. The molecule has 3 heterocycles. The zero-order valence-corrected chi connectivity index (χ0v) is 14.2. The lowest BCUT2D eigenvalue weighted by Gasteiger charge is -2.35. The Morgan fingerprint density at radius 3 is 2.96 bits per heavy atom. The van der Waals surface area contributed by atoms with Crippen LogP contribution in [0.15, 0.2) is 47.4 Å². The Morgan fingerprint density at radius 1 is 1.27 bits per heavy atom. The number of piperidine rings is 1. The average molecular weight is 354 g/mol. The molecule has 0 aliphatic carbocycles. The van der Waals surface area contributed by atoms with E-state index in [0.717, 1.165) is 19.3 Å². The molecule has 0 spiro atoms. The summed E-state index contributed by atoms with van der Waals surface area (Å²) < 4.78 is 15.3. The first-order valence-electron chi connectivity index (χ1n) is 8.73. The van der Waals surface area contributed by atoms with E-state index in [-0.39, 0.29) is 29.7 Å². The molecule has 1 saturated heterocycles. The van der Waals surface area contributed by atoms with Crippen LogP contribution in [0.25, 0.3) is 5.65 Å². The van der Waals surface area contributed by atoms with E-state index in [1.807, 2.05) is 0 Å². The van der Waals surface area contributed by atoms with Gasteiger partial charge in [0.25, 0.3) is 5.56 Å². The molecule has 3 aromatic rings. The summed E-state index contributed by atoms with van der Waals surface area (Å²) in [6, 6.07) is 9.26. The van der Waals surface area contributed by atoms with Crippen molar-refractivity contribution in [2.24, 2.45) is 0 Å². The van der Waals surface area contributed by atoms with E-state index in [1.54, 1.807) is 35.4 Å². The van der Waals surface area contributed by atoms with Crippen molar-refractivity contribution in [2.45, 2.75) is 31.7 Å². The van der Waals surface area contributed by atoms with Gasteiger partial charge in [0, 0.05) is 24.9 Å². The van der Waals surface area contributed by atoms with Crippen molar-refractivity contribution in [3.05, 3.63) is 70.0 Å². The number of aromatic nitrogens is 3. The predicted molar refractivity (Wildman–Crippen MR) is 94.2 cm³/mol. The third kappa shape index (κ3) is 3.00. The van der Waals surface area contributed by atoms with Gasteiger partial charge in [-0.1, -0.05) is 18.2 Å². The molecule has 7 heteroatoms. The minimum atomic E-state index is -0.375. The summed E-state index contributed by atoms with van der Waals surface area (Å²) in [5, 5.41) is 2.81. The van der Waals surface area contributed by atoms with Crippen LogP contribution in [0.1, 0.15) is 36.6 Å². The average Bonchev–Trinajstić information content (AvgIpc) is 3.13. The zero-order valence-electron chi connectivity index (χ0n) is 14.2. The van der Waals surface area contributed by atoms with Crippen LogP contribution in [-0.4, -0.2) is 31.9 Å². The first-order chi connectivity index (χ1) is 12.6. The molecule has 26 heavy (non-hydrogen) atoms. The number of halogens is 1. The van der Waals surface area contributed by atoms with E-state index in [2.05, 4.69) is 10.1 Å². The molecule has 2 aromatic heterocycles. The van der Waals surface area contributed by atoms with Crippen LogP contribution in [0.2, 0.25) is 0 Å². The standard InChI is InChI=1S/C19H19FN4O2/c20-14-6-2-1-5-13(14)11-18(25)23-10-4-3-7-16(23)15-12-19(26)24-17(22-15)8-9-21-24/h1-2,5-6,8-9,12,16,21H,3-4,7,10-11H2/t16-/m1/s1. The van der Waals surface area contributed by atoms with Gasteiger partial charge in [0.2, 0.25) is 5.91 Å².